The van der Waals surface area contributed by atoms with Crippen LogP contribution in [0.25, 0.3) is 0 Å². The molecule has 0 radical (unpaired) electrons. The summed E-state index contributed by atoms with van der Waals surface area (Å²) in [4.78, 5) is 11.9. The number of benzene rings is 1. The first-order chi connectivity index (χ1) is 8.60. The molecule has 0 fully saturated rings. The van der Waals surface area contributed by atoms with Gasteiger partial charge in [-0.15, -0.1) is 11.6 Å². The Kier molecular flexibility index (Phi) is 5.99. The van der Waals surface area contributed by atoms with Gasteiger partial charge in [-0.1, -0.05) is 25.5 Å². The van der Waals surface area contributed by atoms with Crippen molar-refractivity contribution in [1.82, 2.24) is 5.32 Å². The lowest BCUT2D eigenvalue weighted by atomic mass is 10.0. The number of hydrogen-bond donors (Lipinski definition) is 2. The number of nitrogens with one attached hydrogen (secondary N) is 1. The topological polar surface area (TPSA) is 49.3 Å². The summed E-state index contributed by atoms with van der Waals surface area (Å²) >= 11 is 5.70. The van der Waals surface area contributed by atoms with Gasteiger partial charge in [-0.3, -0.25) is 4.79 Å². The van der Waals surface area contributed by atoms with Gasteiger partial charge in [0, 0.05) is 12.4 Å². The Labute approximate surface area is 113 Å². The van der Waals surface area contributed by atoms with Crippen LogP contribution in [0.4, 0.5) is 0 Å². The van der Waals surface area contributed by atoms with Crippen LogP contribution >= 0.6 is 11.6 Å². The fourth-order valence-corrected chi connectivity index (χ4v) is 2.09. The predicted molar refractivity (Wildman–Crippen MR) is 74.3 cm³/mol. The molecule has 1 aromatic rings. The van der Waals surface area contributed by atoms with Crippen LogP contribution in [0, 0.1) is 12.8 Å². The molecule has 2 N–H and O–H groups in total. The van der Waals surface area contributed by atoms with Gasteiger partial charge in [0.2, 0.25) is 0 Å². The minimum absolute atomic E-state index is 0.0559. The van der Waals surface area contributed by atoms with Crippen molar-refractivity contribution in [2.45, 2.75) is 26.7 Å². The lowest BCUT2D eigenvalue weighted by Crippen LogP contribution is -2.29. The Morgan fingerprint density at radius 1 is 1.50 bits per heavy atom. The average Bonchev–Trinajstić information content (AvgIpc) is 2.37. The summed E-state index contributed by atoms with van der Waals surface area (Å²) in [6.07, 6.45) is 1.87. The minimum atomic E-state index is -0.232. The molecule has 100 valence electrons. The summed E-state index contributed by atoms with van der Waals surface area (Å²) in [7, 11) is 0. The van der Waals surface area contributed by atoms with Crippen LogP contribution in [-0.4, -0.2) is 23.4 Å². The SMILES string of the molecule is CCC(CCCl)CNC(=O)c1cccc(C)c1O. The number of aryl methyl sites for hydroxylation is 1. The number of para-hydroxylation sites is 1. The number of alkyl halides is 1. The molecule has 0 heterocycles. The van der Waals surface area contributed by atoms with E-state index in [-0.39, 0.29) is 11.7 Å². The van der Waals surface area contributed by atoms with Crippen LogP contribution in [-0.2, 0) is 0 Å². The Balaban J connectivity index is 2.62. The maximum absolute atomic E-state index is 11.9. The molecule has 18 heavy (non-hydrogen) atoms. The fourth-order valence-electron chi connectivity index (χ4n) is 1.78. The second kappa shape index (κ2) is 7.27. The van der Waals surface area contributed by atoms with Crippen molar-refractivity contribution >= 4 is 17.5 Å². The molecule has 0 saturated heterocycles. The summed E-state index contributed by atoms with van der Waals surface area (Å²) < 4.78 is 0. The van der Waals surface area contributed by atoms with E-state index in [1.165, 1.54) is 0 Å². The van der Waals surface area contributed by atoms with Gasteiger partial charge >= 0.3 is 0 Å². The van der Waals surface area contributed by atoms with E-state index in [9.17, 15) is 9.90 Å². The number of phenolic OH excluding ortho intramolecular Hbond substituents is 1. The van der Waals surface area contributed by atoms with E-state index >= 15 is 0 Å². The maximum atomic E-state index is 11.9. The average molecular weight is 270 g/mol. The fraction of sp³-hybridized carbons (Fsp3) is 0.500. The van der Waals surface area contributed by atoms with E-state index in [4.69, 9.17) is 11.6 Å². The highest BCUT2D eigenvalue weighted by Crippen LogP contribution is 2.21. The quantitative estimate of drug-likeness (QED) is 0.780. The van der Waals surface area contributed by atoms with E-state index in [0.717, 1.165) is 12.8 Å². The molecule has 4 heteroatoms. The number of phenols is 1. The summed E-state index contributed by atoms with van der Waals surface area (Å²) in [6.45, 7) is 4.44. The predicted octanol–water partition coefficient (Wildman–Crippen LogP) is 3.09. The highest BCUT2D eigenvalue weighted by Gasteiger charge is 2.13. The van der Waals surface area contributed by atoms with Gasteiger partial charge in [-0.2, -0.15) is 0 Å². The van der Waals surface area contributed by atoms with E-state index in [1.54, 1.807) is 25.1 Å². The minimum Gasteiger partial charge on any atom is -0.507 e. The number of carbonyl (C=O) groups is 1. The third kappa shape index (κ3) is 3.91. The number of rotatable bonds is 6. The molecule has 0 aliphatic heterocycles. The Hall–Kier alpha value is -1.22. The molecule has 0 spiro atoms. The van der Waals surface area contributed by atoms with Gasteiger partial charge < -0.3 is 10.4 Å². The van der Waals surface area contributed by atoms with E-state index < -0.39 is 0 Å². The van der Waals surface area contributed by atoms with Crippen molar-refractivity contribution < 1.29 is 9.90 Å². The number of halogens is 1. The van der Waals surface area contributed by atoms with Crippen LogP contribution in [0.5, 0.6) is 5.75 Å². The molecule has 0 aromatic heterocycles. The van der Waals surface area contributed by atoms with Crippen LogP contribution < -0.4 is 5.32 Å². The first kappa shape index (κ1) is 14.8. The highest BCUT2D eigenvalue weighted by molar-refractivity contribution is 6.17. The van der Waals surface area contributed by atoms with Crippen LogP contribution in [0.1, 0.15) is 35.7 Å². The highest BCUT2D eigenvalue weighted by atomic mass is 35.5. The van der Waals surface area contributed by atoms with Crippen molar-refractivity contribution in [1.29, 1.82) is 0 Å². The van der Waals surface area contributed by atoms with Gasteiger partial charge in [0.25, 0.3) is 5.91 Å². The molecule has 1 aromatic carbocycles. The summed E-state index contributed by atoms with van der Waals surface area (Å²) in [5.41, 5.74) is 1.03. The molecule has 1 unspecified atom stereocenters. The Morgan fingerprint density at radius 2 is 2.22 bits per heavy atom. The lowest BCUT2D eigenvalue weighted by Gasteiger charge is -2.14. The number of amides is 1. The molecule has 0 saturated carbocycles. The summed E-state index contributed by atoms with van der Waals surface area (Å²) in [5.74, 6) is 0.812. The van der Waals surface area contributed by atoms with Crippen molar-refractivity contribution in [3.63, 3.8) is 0 Å². The van der Waals surface area contributed by atoms with Gasteiger partial charge in [-0.25, -0.2) is 0 Å². The number of carbonyl (C=O) groups excluding carboxylic acids is 1. The summed E-state index contributed by atoms with van der Waals surface area (Å²) in [5, 5.41) is 12.7. The molecule has 1 atom stereocenters. The molecular weight excluding hydrogens is 250 g/mol. The number of hydrogen-bond acceptors (Lipinski definition) is 2. The van der Waals surface area contributed by atoms with Crippen LogP contribution in [0.3, 0.4) is 0 Å². The Morgan fingerprint density at radius 3 is 2.83 bits per heavy atom. The molecule has 0 bridgehead atoms. The van der Waals surface area contributed by atoms with Gasteiger partial charge in [0.1, 0.15) is 5.75 Å². The summed E-state index contributed by atoms with van der Waals surface area (Å²) in [6, 6.07) is 5.16. The normalized spacial score (nSPS) is 12.2. The lowest BCUT2D eigenvalue weighted by molar-refractivity contribution is 0.0943. The molecule has 0 aliphatic carbocycles. The van der Waals surface area contributed by atoms with Crippen molar-refractivity contribution in [3.8, 4) is 5.75 Å². The van der Waals surface area contributed by atoms with Crippen LogP contribution in [0.15, 0.2) is 18.2 Å². The molecule has 3 nitrogen and oxygen atoms in total. The van der Waals surface area contributed by atoms with Gasteiger partial charge in [0.15, 0.2) is 0 Å². The second-order valence-electron chi connectivity index (χ2n) is 4.43. The first-order valence-electron chi connectivity index (χ1n) is 6.22. The third-order valence-corrected chi connectivity index (χ3v) is 3.35. The molecular formula is C14H20ClNO2. The molecule has 1 rings (SSSR count). The Bertz CT molecular complexity index is 407. The molecule has 1 amide bonds. The third-order valence-electron chi connectivity index (χ3n) is 3.13. The van der Waals surface area contributed by atoms with E-state index in [2.05, 4.69) is 12.2 Å². The van der Waals surface area contributed by atoms with Crippen molar-refractivity contribution in [3.05, 3.63) is 29.3 Å². The van der Waals surface area contributed by atoms with Crippen molar-refractivity contribution in [2.75, 3.05) is 12.4 Å². The first-order valence-corrected chi connectivity index (χ1v) is 6.76. The van der Waals surface area contributed by atoms with Crippen LogP contribution in [0.2, 0.25) is 0 Å². The molecule has 0 aliphatic rings. The van der Waals surface area contributed by atoms with Gasteiger partial charge in [0.05, 0.1) is 5.56 Å². The van der Waals surface area contributed by atoms with Crippen molar-refractivity contribution in [2.24, 2.45) is 5.92 Å². The standard InChI is InChI=1S/C14H20ClNO2/c1-3-11(7-8-15)9-16-14(18)12-6-4-5-10(2)13(12)17/h4-6,11,17H,3,7-9H2,1-2H3,(H,16,18). The maximum Gasteiger partial charge on any atom is 0.255 e. The zero-order chi connectivity index (χ0) is 13.5. The smallest absolute Gasteiger partial charge is 0.255 e. The van der Waals surface area contributed by atoms with E-state index in [0.29, 0.717) is 29.5 Å². The number of aromatic hydroxyl groups is 1. The van der Waals surface area contributed by atoms with E-state index in [1.807, 2.05) is 0 Å². The van der Waals surface area contributed by atoms with Gasteiger partial charge in [-0.05, 0) is 30.9 Å². The zero-order valence-corrected chi connectivity index (χ0v) is 11.6. The zero-order valence-electron chi connectivity index (χ0n) is 10.9. The second-order valence-corrected chi connectivity index (χ2v) is 4.81. The largest absolute Gasteiger partial charge is 0.507 e. The monoisotopic (exact) mass is 269 g/mol.